The number of anilines is 2. The molecule has 0 aromatic heterocycles. The highest BCUT2D eigenvalue weighted by Crippen LogP contribution is 2.23. The summed E-state index contributed by atoms with van der Waals surface area (Å²) in [5.74, 6) is -0.435. The van der Waals surface area contributed by atoms with Gasteiger partial charge in [0.05, 0.1) is 17.2 Å². The molecule has 2 N–H and O–H groups in total. The van der Waals surface area contributed by atoms with Gasteiger partial charge in [0, 0.05) is 18.3 Å². The molecule has 0 unspecified atom stereocenters. The summed E-state index contributed by atoms with van der Waals surface area (Å²) < 4.78 is 27.2. The first-order chi connectivity index (χ1) is 13.8. The van der Waals surface area contributed by atoms with Crippen molar-refractivity contribution in [2.24, 2.45) is 0 Å². The molecule has 0 atom stereocenters. The molecule has 150 valence electrons. The van der Waals surface area contributed by atoms with Gasteiger partial charge < -0.3 is 10.4 Å². The van der Waals surface area contributed by atoms with Gasteiger partial charge in [-0.05, 0) is 55.0 Å². The number of hydrogen-bond acceptors (Lipinski definition) is 4. The van der Waals surface area contributed by atoms with Crippen LogP contribution in [0.2, 0.25) is 0 Å². The van der Waals surface area contributed by atoms with Gasteiger partial charge in [0.1, 0.15) is 0 Å². The largest absolute Gasteiger partial charge is 0.392 e. The number of hydrogen-bond donors (Lipinski definition) is 2. The normalized spacial score (nSPS) is 11.1. The van der Waals surface area contributed by atoms with Crippen LogP contribution in [0.5, 0.6) is 0 Å². The van der Waals surface area contributed by atoms with Gasteiger partial charge in [0.2, 0.25) is 0 Å². The van der Waals surface area contributed by atoms with E-state index < -0.39 is 15.9 Å². The lowest BCUT2D eigenvalue weighted by molar-refractivity contribution is 0.102. The third kappa shape index (κ3) is 4.64. The maximum atomic E-state index is 13.0. The van der Waals surface area contributed by atoms with Gasteiger partial charge in [-0.2, -0.15) is 0 Å². The number of amides is 1. The number of rotatable bonds is 6. The number of nitrogens with zero attached hydrogens (tertiary/aromatic N) is 1. The summed E-state index contributed by atoms with van der Waals surface area (Å²) >= 11 is 0. The Labute approximate surface area is 170 Å². The van der Waals surface area contributed by atoms with Crippen LogP contribution in [-0.4, -0.2) is 26.5 Å². The lowest BCUT2D eigenvalue weighted by Crippen LogP contribution is -2.26. The Morgan fingerprint density at radius 3 is 2.38 bits per heavy atom. The molecule has 3 aromatic rings. The maximum absolute atomic E-state index is 13.0. The third-order valence-electron chi connectivity index (χ3n) is 4.52. The topological polar surface area (TPSA) is 86.7 Å². The van der Waals surface area contributed by atoms with E-state index in [1.807, 2.05) is 19.1 Å². The minimum absolute atomic E-state index is 0.0253. The standard InChI is InChI=1S/C22H22N2O4S/c1-16-9-11-20(12-10-16)24(2)29(27,28)21-8-4-6-18(14-21)22(26)23-19-7-3-5-17(13-19)15-25/h3-14,25H,15H2,1-2H3,(H,23,26). The van der Waals surface area contributed by atoms with Crippen LogP contribution >= 0.6 is 0 Å². The second-order valence-electron chi connectivity index (χ2n) is 6.65. The van der Waals surface area contributed by atoms with Crippen molar-refractivity contribution in [2.75, 3.05) is 16.7 Å². The Balaban J connectivity index is 1.85. The first-order valence-corrected chi connectivity index (χ1v) is 10.4. The van der Waals surface area contributed by atoms with E-state index in [2.05, 4.69) is 5.32 Å². The minimum Gasteiger partial charge on any atom is -0.392 e. The molecule has 6 nitrogen and oxygen atoms in total. The molecule has 3 aromatic carbocycles. The summed E-state index contributed by atoms with van der Waals surface area (Å²) in [4.78, 5) is 12.6. The SMILES string of the molecule is Cc1ccc(N(C)S(=O)(=O)c2cccc(C(=O)Nc3cccc(CO)c3)c2)cc1. The Hall–Kier alpha value is -3.16. The zero-order valence-electron chi connectivity index (χ0n) is 16.2. The average Bonchev–Trinajstić information content (AvgIpc) is 2.74. The molecule has 0 saturated carbocycles. The number of aliphatic hydroxyl groups excluding tert-OH is 1. The zero-order valence-corrected chi connectivity index (χ0v) is 17.0. The van der Waals surface area contributed by atoms with Crippen molar-refractivity contribution in [1.82, 2.24) is 0 Å². The lowest BCUT2D eigenvalue weighted by atomic mass is 10.2. The molecule has 29 heavy (non-hydrogen) atoms. The smallest absolute Gasteiger partial charge is 0.264 e. The van der Waals surface area contributed by atoms with Gasteiger partial charge in [-0.1, -0.05) is 35.9 Å². The number of benzene rings is 3. The molecule has 0 aliphatic rings. The number of sulfonamides is 1. The average molecular weight is 410 g/mol. The van der Waals surface area contributed by atoms with Crippen molar-refractivity contribution >= 4 is 27.3 Å². The summed E-state index contributed by atoms with van der Waals surface area (Å²) in [6.07, 6.45) is 0. The number of aryl methyl sites for hydroxylation is 1. The van der Waals surface area contributed by atoms with E-state index in [1.165, 1.54) is 29.6 Å². The van der Waals surface area contributed by atoms with E-state index in [0.717, 1.165) is 5.56 Å². The number of nitrogens with one attached hydrogen (secondary N) is 1. The highest BCUT2D eigenvalue weighted by atomic mass is 32.2. The van der Waals surface area contributed by atoms with Crippen molar-refractivity contribution in [2.45, 2.75) is 18.4 Å². The third-order valence-corrected chi connectivity index (χ3v) is 6.30. The molecule has 0 aliphatic carbocycles. The second kappa shape index (κ2) is 8.46. The fourth-order valence-corrected chi connectivity index (χ4v) is 4.04. The van der Waals surface area contributed by atoms with Gasteiger partial charge in [-0.25, -0.2) is 8.42 Å². The highest BCUT2D eigenvalue weighted by molar-refractivity contribution is 7.92. The van der Waals surface area contributed by atoms with E-state index in [-0.39, 0.29) is 17.1 Å². The molecule has 7 heteroatoms. The van der Waals surface area contributed by atoms with Crippen LogP contribution in [0.25, 0.3) is 0 Å². The Morgan fingerprint density at radius 1 is 1.00 bits per heavy atom. The Morgan fingerprint density at radius 2 is 1.69 bits per heavy atom. The summed E-state index contributed by atoms with van der Waals surface area (Å²) in [5, 5.41) is 11.9. The fourth-order valence-electron chi connectivity index (χ4n) is 2.80. The minimum atomic E-state index is -3.82. The molecule has 3 rings (SSSR count). The van der Waals surface area contributed by atoms with E-state index in [9.17, 15) is 18.3 Å². The van der Waals surface area contributed by atoms with Gasteiger partial charge in [0.15, 0.2) is 0 Å². The van der Waals surface area contributed by atoms with Gasteiger partial charge >= 0.3 is 0 Å². The molecule has 0 aliphatic heterocycles. The predicted octanol–water partition coefficient (Wildman–Crippen LogP) is 3.56. The van der Waals surface area contributed by atoms with Crippen LogP contribution in [0.15, 0.2) is 77.7 Å². The number of aliphatic hydroxyl groups is 1. The summed E-state index contributed by atoms with van der Waals surface area (Å²) in [6, 6.07) is 19.9. The predicted molar refractivity (Wildman–Crippen MR) is 114 cm³/mol. The first-order valence-electron chi connectivity index (χ1n) is 8.98. The van der Waals surface area contributed by atoms with Crippen LogP contribution < -0.4 is 9.62 Å². The summed E-state index contributed by atoms with van der Waals surface area (Å²) in [6.45, 7) is 1.79. The van der Waals surface area contributed by atoms with E-state index in [4.69, 9.17) is 0 Å². The van der Waals surface area contributed by atoms with E-state index in [0.29, 0.717) is 16.9 Å². The van der Waals surface area contributed by atoms with Gasteiger partial charge in [-0.15, -0.1) is 0 Å². The molecule has 0 spiro atoms. The molecular formula is C22H22N2O4S. The maximum Gasteiger partial charge on any atom is 0.264 e. The Bertz CT molecular complexity index is 1130. The van der Waals surface area contributed by atoms with Crippen LogP contribution in [-0.2, 0) is 16.6 Å². The number of carbonyl (C=O) groups excluding carboxylic acids is 1. The van der Waals surface area contributed by atoms with E-state index in [1.54, 1.807) is 42.5 Å². The molecular weight excluding hydrogens is 388 g/mol. The van der Waals surface area contributed by atoms with Crippen molar-refractivity contribution in [1.29, 1.82) is 0 Å². The van der Waals surface area contributed by atoms with E-state index >= 15 is 0 Å². The van der Waals surface area contributed by atoms with Crippen molar-refractivity contribution in [3.8, 4) is 0 Å². The highest BCUT2D eigenvalue weighted by Gasteiger charge is 2.22. The monoisotopic (exact) mass is 410 g/mol. The van der Waals surface area contributed by atoms with Crippen molar-refractivity contribution < 1.29 is 18.3 Å². The molecule has 0 fully saturated rings. The van der Waals surface area contributed by atoms with Gasteiger partial charge in [0.25, 0.3) is 15.9 Å². The molecule has 1 amide bonds. The van der Waals surface area contributed by atoms with Crippen LogP contribution in [0.4, 0.5) is 11.4 Å². The van der Waals surface area contributed by atoms with Crippen LogP contribution in [0.3, 0.4) is 0 Å². The molecule has 0 radical (unpaired) electrons. The van der Waals surface area contributed by atoms with Crippen LogP contribution in [0, 0.1) is 6.92 Å². The van der Waals surface area contributed by atoms with Crippen LogP contribution in [0.1, 0.15) is 21.5 Å². The summed E-state index contributed by atoms with van der Waals surface area (Å²) in [7, 11) is -2.34. The number of carbonyl (C=O) groups is 1. The quantitative estimate of drug-likeness (QED) is 0.650. The zero-order chi connectivity index (χ0) is 21.0. The van der Waals surface area contributed by atoms with Gasteiger partial charge in [-0.3, -0.25) is 9.10 Å². The molecule has 0 bridgehead atoms. The Kier molecular flexibility index (Phi) is 6.00. The lowest BCUT2D eigenvalue weighted by Gasteiger charge is -2.20. The summed E-state index contributed by atoms with van der Waals surface area (Å²) in [5.41, 5.74) is 2.97. The van der Waals surface area contributed by atoms with Crippen molar-refractivity contribution in [3.63, 3.8) is 0 Å². The fraction of sp³-hybridized carbons (Fsp3) is 0.136. The first kappa shape index (κ1) is 20.6. The molecule has 0 heterocycles. The molecule has 0 saturated heterocycles. The second-order valence-corrected chi connectivity index (χ2v) is 8.62. The van der Waals surface area contributed by atoms with Crippen molar-refractivity contribution in [3.05, 3.63) is 89.5 Å².